The summed E-state index contributed by atoms with van der Waals surface area (Å²) >= 11 is 0. The molecule has 2 aliphatic rings. The predicted octanol–water partition coefficient (Wildman–Crippen LogP) is 3.34. The molecule has 2 aliphatic heterocycles. The summed E-state index contributed by atoms with van der Waals surface area (Å²) in [4.78, 5) is 16.9. The molecule has 0 spiro atoms. The number of amides is 1. The van der Waals surface area contributed by atoms with E-state index in [1.54, 1.807) is 0 Å². The van der Waals surface area contributed by atoms with Gasteiger partial charge in [0.15, 0.2) is 0 Å². The van der Waals surface area contributed by atoms with Crippen LogP contribution in [0.2, 0.25) is 0 Å². The van der Waals surface area contributed by atoms with Crippen molar-refractivity contribution in [1.29, 1.82) is 0 Å². The first-order chi connectivity index (χ1) is 12.5. The van der Waals surface area contributed by atoms with Crippen LogP contribution in [0.25, 0.3) is 0 Å². The first-order valence-electron chi connectivity index (χ1n) is 9.06. The molecule has 1 saturated heterocycles. The summed E-state index contributed by atoms with van der Waals surface area (Å²) in [7, 11) is 4.32. The molecular weight excluding hydrogens is 326 g/mol. The van der Waals surface area contributed by atoms with E-state index >= 15 is 0 Å². The quantitative estimate of drug-likeness (QED) is 0.921. The van der Waals surface area contributed by atoms with E-state index in [0.29, 0.717) is 18.5 Å². The molecule has 0 saturated carbocycles. The van der Waals surface area contributed by atoms with Gasteiger partial charge < -0.3 is 15.0 Å². The molecule has 5 nitrogen and oxygen atoms in total. The highest BCUT2D eigenvalue weighted by atomic mass is 16.6. The number of ether oxygens (including phenoxy) is 1. The topological polar surface area (TPSA) is 44.8 Å². The highest BCUT2D eigenvalue weighted by Crippen LogP contribution is 2.51. The number of benzene rings is 2. The number of likely N-dealkylation sites (tertiary alicyclic amines) is 1. The van der Waals surface area contributed by atoms with Crippen LogP contribution in [0.5, 0.6) is 5.75 Å². The molecule has 136 valence electrons. The van der Waals surface area contributed by atoms with E-state index in [0.717, 1.165) is 18.5 Å². The number of anilines is 1. The Morgan fingerprint density at radius 1 is 1.23 bits per heavy atom. The van der Waals surface area contributed by atoms with Crippen molar-refractivity contribution in [2.24, 2.45) is 0 Å². The average Bonchev–Trinajstić information content (AvgIpc) is 3.06. The van der Waals surface area contributed by atoms with Crippen LogP contribution in [0.4, 0.5) is 10.5 Å². The zero-order chi connectivity index (χ0) is 18.3. The van der Waals surface area contributed by atoms with Crippen molar-refractivity contribution >= 4 is 11.8 Å². The van der Waals surface area contributed by atoms with Gasteiger partial charge in [0, 0.05) is 31.2 Å². The normalized spacial score (nSPS) is 24.3. The van der Waals surface area contributed by atoms with Gasteiger partial charge in [0.1, 0.15) is 5.75 Å². The number of carbonyl (C=O) groups excluding carboxylic acids is 1. The van der Waals surface area contributed by atoms with E-state index in [4.69, 9.17) is 4.74 Å². The molecule has 1 N–H and O–H groups in total. The van der Waals surface area contributed by atoms with Crippen molar-refractivity contribution in [3.8, 4) is 5.75 Å². The summed E-state index contributed by atoms with van der Waals surface area (Å²) in [5.74, 6) is 0.596. The first kappa shape index (κ1) is 16.9. The molecule has 4 rings (SSSR count). The largest absolute Gasteiger partial charge is 0.412 e. The minimum Gasteiger partial charge on any atom is -0.410 e. The van der Waals surface area contributed by atoms with Gasteiger partial charge in [-0.25, -0.2) is 4.79 Å². The van der Waals surface area contributed by atoms with E-state index in [-0.39, 0.29) is 5.41 Å². The lowest BCUT2D eigenvalue weighted by molar-refractivity contribution is 0.200. The number of hydrogen-bond acceptors (Lipinski definition) is 4. The van der Waals surface area contributed by atoms with Crippen LogP contribution in [-0.4, -0.2) is 37.8 Å². The molecule has 0 unspecified atom stereocenters. The molecule has 2 aromatic carbocycles. The van der Waals surface area contributed by atoms with Crippen molar-refractivity contribution in [1.82, 2.24) is 10.2 Å². The Morgan fingerprint density at radius 2 is 2.00 bits per heavy atom. The Kier molecular flexibility index (Phi) is 4.11. The average molecular weight is 351 g/mol. The monoisotopic (exact) mass is 351 g/mol. The Bertz CT molecular complexity index is 823. The van der Waals surface area contributed by atoms with Crippen molar-refractivity contribution in [3.63, 3.8) is 0 Å². The van der Waals surface area contributed by atoms with E-state index in [1.165, 1.54) is 11.3 Å². The second-order valence-electron chi connectivity index (χ2n) is 7.54. The molecule has 2 heterocycles. The summed E-state index contributed by atoms with van der Waals surface area (Å²) in [6, 6.07) is 15.8. The summed E-state index contributed by atoms with van der Waals surface area (Å²) in [5.41, 5.74) is 3.60. The highest BCUT2D eigenvalue weighted by molar-refractivity contribution is 5.72. The van der Waals surface area contributed by atoms with E-state index < -0.39 is 6.09 Å². The molecule has 1 amide bonds. The lowest BCUT2D eigenvalue weighted by Crippen LogP contribution is -2.45. The number of fused-ring (bicyclic) bond motifs is 3. The van der Waals surface area contributed by atoms with E-state index in [9.17, 15) is 4.79 Å². The van der Waals surface area contributed by atoms with Crippen LogP contribution >= 0.6 is 0 Å². The smallest absolute Gasteiger partial charge is 0.410 e. The molecule has 0 bridgehead atoms. The van der Waals surface area contributed by atoms with E-state index in [1.807, 2.05) is 42.5 Å². The number of carbonyl (C=O) groups is 1. The second kappa shape index (κ2) is 6.32. The third-order valence-corrected chi connectivity index (χ3v) is 5.79. The highest BCUT2D eigenvalue weighted by Gasteiger charge is 2.52. The summed E-state index contributed by atoms with van der Waals surface area (Å²) in [5, 5.41) is 2.81. The van der Waals surface area contributed by atoms with Gasteiger partial charge in [-0.1, -0.05) is 37.3 Å². The molecule has 2 aromatic rings. The van der Waals surface area contributed by atoms with Gasteiger partial charge in [-0.3, -0.25) is 4.90 Å². The minimum absolute atomic E-state index is 0.0682. The SMILES string of the molecule is CN1CC[C@]2(C)c3cc(OC(=O)NCc4ccccc4)ccc3N(C)[C@H]12. The predicted molar refractivity (Wildman–Crippen MR) is 103 cm³/mol. The number of nitrogens with one attached hydrogen (secondary N) is 1. The standard InChI is InChI=1S/C21H25N3O2/c1-21-11-12-23(2)19(21)24(3)18-10-9-16(13-17(18)21)26-20(25)22-14-15-7-5-4-6-8-15/h4-10,13,19H,11-12,14H2,1-3H3,(H,22,25)/t19-,21+/m0/s1. The molecular formula is C21H25N3O2. The summed E-state index contributed by atoms with van der Waals surface area (Å²) in [6.45, 7) is 3.84. The van der Waals surface area contributed by atoms with Gasteiger partial charge in [0.25, 0.3) is 0 Å². The maximum Gasteiger partial charge on any atom is 0.412 e. The summed E-state index contributed by atoms with van der Waals surface area (Å²) < 4.78 is 5.53. The zero-order valence-electron chi connectivity index (χ0n) is 15.5. The lowest BCUT2D eigenvalue weighted by Gasteiger charge is -2.32. The molecule has 26 heavy (non-hydrogen) atoms. The Hall–Kier alpha value is -2.53. The molecule has 0 aromatic heterocycles. The molecule has 1 fully saturated rings. The minimum atomic E-state index is -0.426. The van der Waals surface area contributed by atoms with Gasteiger partial charge in [-0.15, -0.1) is 0 Å². The Morgan fingerprint density at radius 3 is 2.77 bits per heavy atom. The molecule has 2 atom stereocenters. The fraction of sp³-hybridized carbons (Fsp3) is 0.381. The van der Waals surface area contributed by atoms with Crippen molar-refractivity contribution in [2.75, 3.05) is 25.5 Å². The Balaban J connectivity index is 1.48. The van der Waals surface area contributed by atoms with Crippen molar-refractivity contribution in [2.45, 2.75) is 31.5 Å². The zero-order valence-corrected chi connectivity index (χ0v) is 15.5. The third-order valence-electron chi connectivity index (χ3n) is 5.79. The molecule has 0 aliphatic carbocycles. The lowest BCUT2D eigenvalue weighted by atomic mass is 9.81. The van der Waals surface area contributed by atoms with Gasteiger partial charge in [-0.05, 0) is 42.8 Å². The van der Waals surface area contributed by atoms with Gasteiger partial charge >= 0.3 is 6.09 Å². The molecule has 5 heteroatoms. The maximum atomic E-state index is 12.2. The van der Waals surface area contributed by atoms with Crippen molar-refractivity contribution in [3.05, 3.63) is 59.7 Å². The maximum absolute atomic E-state index is 12.2. The Labute approximate surface area is 154 Å². The first-order valence-corrected chi connectivity index (χ1v) is 9.06. The van der Waals surface area contributed by atoms with Crippen LogP contribution in [0.15, 0.2) is 48.5 Å². The fourth-order valence-electron chi connectivity index (χ4n) is 4.53. The van der Waals surface area contributed by atoms with Crippen LogP contribution < -0.4 is 15.0 Å². The summed E-state index contributed by atoms with van der Waals surface area (Å²) in [6.07, 6.45) is 1.04. The van der Waals surface area contributed by atoms with Gasteiger partial charge in [0.2, 0.25) is 0 Å². The third kappa shape index (κ3) is 2.72. The van der Waals surface area contributed by atoms with Gasteiger partial charge in [0.05, 0.1) is 6.17 Å². The number of likely N-dealkylation sites (N-methyl/N-ethyl adjacent to an activating group) is 2. The van der Waals surface area contributed by atoms with Crippen LogP contribution in [0.1, 0.15) is 24.5 Å². The van der Waals surface area contributed by atoms with E-state index in [2.05, 4.69) is 42.2 Å². The van der Waals surface area contributed by atoms with Crippen molar-refractivity contribution < 1.29 is 9.53 Å². The van der Waals surface area contributed by atoms with Crippen LogP contribution in [-0.2, 0) is 12.0 Å². The molecule has 0 radical (unpaired) electrons. The second-order valence-corrected chi connectivity index (χ2v) is 7.54. The van der Waals surface area contributed by atoms with Crippen LogP contribution in [0, 0.1) is 0 Å². The van der Waals surface area contributed by atoms with Crippen LogP contribution in [0.3, 0.4) is 0 Å². The fourth-order valence-corrected chi connectivity index (χ4v) is 4.53. The number of rotatable bonds is 3. The van der Waals surface area contributed by atoms with Gasteiger partial charge in [-0.2, -0.15) is 0 Å². The number of nitrogens with zero attached hydrogens (tertiary/aromatic N) is 2. The number of hydrogen-bond donors (Lipinski definition) is 1.